The minimum absolute atomic E-state index is 0.134. The Morgan fingerprint density at radius 2 is 1.98 bits per heavy atom. The van der Waals surface area contributed by atoms with Crippen LogP contribution in [0.4, 0.5) is 4.79 Å². The largest absolute Gasteiger partial charge is 0.479 e. The molecule has 1 saturated heterocycles. The van der Waals surface area contributed by atoms with Crippen molar-refractivity contribution in [1.29, 1.82) is 0 Å². The lowest BCUT2D eigenvalue weighted by molar-refractivity contribution is -0.145. The number of allylic oxidation sites excluding steroid dienone is 1. The van der Waals surface area contributed by atoms with E-state index in [1.165, 1.54) is 24.2 Å². The highest BCUT2D eigenvalue weighted by molar-refractivity contribution is 7.89. The maximum absolute atomic E-state index is 13.2. The van der Waals surface area contributed by atoms with Gasteiger partial charge in [-0.25, -0.2) is 23.0 Å². The molecule has 1 aromatic heterocycles. The summed E-state index contributed by atoms with van der Waals surface area (Å²) in [6.07, 6.45) is 8.69. The Morgan fingerprint density at radius 1 is 1.24 bits per heavy atom. The van der Waals surface area contributed by atoms with E-state index in [4.69, 9.17) is 4.74 Å². The number of ether oxygens (including phenoxy) is 1. The molecular formula is C31H47N5O8S. The SMILES string of the molecule is CCCCC/C=C\C1C[C@]1(NC(=O)[C@@H]1CCCN1C(=O)CNC(=O)OC(CN(C)S(=O)(=O)c1ccccn1)C(C)(C)C)C(=O)O. The van der Waals surface area contributed by atoms with Gasteiger partial charge in [-0.05, 0) is 44.2 Å². The van der Waals surface area contributed by atoms with Crippen LogP contribution in [0.2, 0.25) is 0 Å². The smallest absolute Gasteiger partial charge is 0.407 e. The number of pyridine rings is 1. The molecule has 1 aromatic rings. The summed E-state index contributed by atoms with van der Waals surface area (Å²) in [5, 5.41) is 14.9. The maximum Gasteiger partial charge on any atom is 0.407 e. The number of aromatic nitrogens is 1. The minimum Gasteiger partial charge on any atom is -0.479 e. The van der Waals surface area contributed by atoms with Crippen LogP contribution in [-0.2, 0) is 29.1 Å². The molecule has 2 fully saturated rings. The number of nitrogens with one attached hydrogen (secondary N) is 2. The summed E-state index contributed by atoms with van der Waals surface area (Å²) < 4.78 is 32.5. The van der Waals surface area contributed by atoms with Gasteiger partial charge >= 0.3 is 12.1 Å². The summed E-state index contributed by atoms with van der Waals surface area (Å²) in [7, 11) is -2.57. The van der Waals surface area contributed by atoms with E-state index in [0.717, 1.165) is 30.0 Å². The van der Waals surface area contributed by atoms with Crippen molar-refractivity contribution in [1.82, 2.24) is 24.8 Å². The normalized spacial score (nSPS) is 22.3. The molecule has 45 heavy (non-hydrogen) atoms. The van der Waals surface area contributed by atoms with Crippen LogP contribution in [0.3, 0.4) is 0 Å². The number of nitrogens with zero attached hydrogens (tertiary/aromatic N) is 3. The first-order valence-corrected chi connectivity index (χ1v) is 16.9. The van der Waals surface area contributed by atoms with Gasteiger partial charge in [-0.15, -0.1) is 0 Å². The highest BCUT2D eigenvalue weighted by Crippen LogP contribution is 2.45. The second-order valence-electron chi connectivity index (χ2n) is 12.8. The number of rotatable bonds is 15. The Kier molecular flexibility index (Phi) is 12.1. The number of sulfonamides is 1. The topological polar surface area (TPSA) is 175 Å². The standard InChI is InChI=1S/C31H47N5O8S/c1-6-7-8-9-10-14-22-19-31(22,28(39)40)34-27(38)23-15-13-18-36(23)26(37)20-33-29(41)44-24(30(2,3)4)21-35(5)45(42,43)25-16-11-12-17-32-25/h10-12,14,16-17,22-24H,6-9,13,15,18-21H2,1-5H3,(H,33,41)(H,34,38)(H,39,40)/b14-10-/t22?,23-,24?,31+/m0/s1. The zero-order chi connectivity index (χ0) is 33.4. The third-order valence-corrected chi connectivity index (χ3v) is 10.0. The Balaban J connectivity index is 1.55. The molecule has 3 N–H and O–H groups in total. The Labute approximate surface area is 265 Å². The molecule has 13 nitrogen and oxygen atoms in total. The first kappa shape index (κ1) is 36.0. The number of aliphatic carboxylic acids is 1. The summed E-state index contributed by atoms with van der Waals surface area (Å²) >= 11 is 0. The molecule has 0 radical (unpaired) electrons. The average molecular weight is 650 g/mol. The number of unbranched alkanes of at least 4 members (excludes halogenated alkanes) is 3. The molecule has 1 aliphatic heterocycles. The molecule has 2 unspecified atom stereocenters. The van der Waals surface area contributed by atoms with Crippen LogP contribution < -0.4 is 10.6 Å². The van der Waals surface area contributed by atoms with Crippen LogP contribution in [0.15, 0.2) is 41.6 Å². The van der Waals surface area contributed by atoms with E-state index in [0.29, 0.717) is 19.3 Å². The van der Waals surface area contributed by atoms with Crippen LogP contribution >= 0.6 is 0 Å². The number of carboxylic acids is 1. The molecule has 1 saturated carbocycles. The van der Waals surface area contributed by atoms with Gasteiger partial charge in [-0.3, -0.25) is 9.59 Å². The average Bonchev–Trinajstić information content (AvgIpc) is 3.45. The first-order chi connectivity index (χ1) is 21.1. The molecular weight excluding hydrogens is 602 g/mol. The Bertz CT molecular complexity index is 1350. The summed E-state index contributed by atoms with van der Waals surface area (Å²) in [6.45, 7) is 7.17. The number of hydrogen-bond donors (Lipinski definition) is 3. The van der Waals surface area contributed by atoms with E-state index in [9.17, 15) is 32.7 Å². The molecule has 4 atom stereocenters. The van der Waals surface area contributed by atoms with Crippen molar-refractivity contribution in [2.75, 3.05) is 26.7 Å². The van der Waals surface area contributed by atoms with Gasteiger partial charge in [-0.1, -0.05) is 58.8 Å². The molecule has 1 aliphatic carbocycles. The van der Waals surface area contributed by atoms with Gasteiger partial charge in [-0.2, -0.15) is 4.31 Å². The maximum atomic E-state index is 13.2. The van der Waals surface area contributed by atoms with Crippen molar-refractivity contribution >= 4 is 33.9 Å². The van der Waals surface area contributed by atoms with E-state index in [2.05, 4.69) is 22.5 Å². The van der Waals surface area contributed by atoms with Gasteiger partial charge in [0.05, 0.1) is 6.54 Å². The Morgan fingerprint density at radius 3 is 2.60 bits per heavy atom. The van der Waals surface area contributed by atoms with Gasteiger partial charge in [0.2, 0.25) is 11.8 Å². The summed E-state index contributed by atoms with van der Waals surface area (Å²) in [5.41, 5.74) is -2.03. The fourth-order valence-electron chi connectivity index (χ4n) is 5.28. The molecule has 0 spiro atoms. The third-order valence-electron chi connectivity index (χ3n) is 8.30. The molecule has 2 aliphatic rings. The highest BCUT2D eigenvalue weighted by atomic mass is 32.2. The van der Waals surface area contributed by atoms with Crippen LogP contribution in [0.25, 0.3) is 0 Å². The zero-order valence-electron chi connectivity index (χ0n) is 26.8. The van der Waals surface area contributed by atoms with Gasteiger partial charge in [0.1, 0.15) is 24.2 Å². The number of carbonyl (C=O) groups excluding carboxylic acids is 3. The van der Waals surface area contributed by atoms with Gasteiger partial charge in [0.15, 0.2) is 5.03 Å². The predicted octanol–water partition coefficient (Wildman–Crippen LogP) is 2.93. The quantitative estimate of drug-likeness (QED) is 0.191. The van der Waals surface area contributed by atoms with Crippen molar-refractivity contribution in [2.24, 2.45) is 11.3 Å². The predicted molar refractivity (Wildman–Crippen MR) is 166 cm³/mol. The fraction of sp³-hybridized carbons (Fsp3) is 0.645. The molecule has 0 bridgehead atoms. The van der Waals surface area contributed by atoms with Crippen molar-refractivity contribution in [3.05, 3.63) is 36.5 Å². The van der Waals surface area contributed by atoms with Gasteiger partial charge in [0.25, 0.3) is 10.0 Å². The minimum atomic E-state index is -3.94. The molecule has 250 valence electrons. The van der Waals surface area contributed by atoms with Crippen LogP contribution in [0.5, 0.6) is 0 Å². The lowest BCUT2D eigenvalue weighted by Gasteiger charge is -2.33. The first-order valence-electron chi connectivity index (χ1n) is 15.5. The van der Waals surface area contributed by atoms with Crippen molar-refractivity contribution in [3.63, 3.8) is 0 Å². The molecule has 0 aromatic carbocycles. The van der Waals surface area contributed by atoms with Crippen molar-refractivity contribution in [3.8, 4) is 0 Å². The molecule has 3 amide bonds. The highest BCUT2D eigenvalue weighted by Gasteiger charge is 2.61. The fourth-order valence-corrected chi connectivity index (χ4v) is 6.37. The number of carbonyl (C=O) groups is 4. The van der Waals surface area contributed by atoms with Crippen LogP contribution in [0, 0.1) is 11.3 Å². The lowest BCUT2D eigenvalue weighted by atomic mass is 9.89. The van der Waals surface area contributed by atoms with E-state index >= 15 is 0 Å². The van der Waals surface area contributed by atoms with E-state index in [1.54, 1.807) is 32.9 Å². The summed E-state index contributed by atoms with van der Waals surface area (Å²) in [4.78, 5) is 56.4. The molecule has 2 heterocycles. The summed E-state index contributed by atoms with van der Waals surface area (Å²) in [5.74, 6) is -2.46. The van der Waals surface area contributed by atoms with Crippen molar-refractivity contribution in [2.45, 2.75) is 95.4 Å². The number of likely N-dealkylation sites (tertiary alicyclic amines) is 1. The number of alkyl carbamates (subject to hydrolysis) is 1. The second kappa shape index (κ2) is 15.2. The molecule has 3 rings (SSSR count). The van der Waals surface area contributed by atoms with Crippen molar-refractivity contribution < 1.29 is 37.4 Å². The summed E-state index contributed by atoms with van der Waals surface area (Å²) in [6, 6.07) is 3.69. The third kappa shape index (κ3) is 9.25. The number of amides is 3. The van der Waals surface area contributed by atoms with Crippen LogP contribution in [-0.4, -0.2) is 96.0 Å². The van der Waals surface area contributed by atoms with E-state index < -0.39 is 63.5 Å². The monoisotopic (exact) mass is 649 g/mol. The van der Waals surface area contributed by atoms with E-state index in [-0.39, 0.29) is 24.0 Å². The number of hydrogen-bond acceptors (Lipinski definition) is 8. The van der Waals surface area contributed by atoms with Gasteiger partial charge < -0.3 is 25.4 Å². The number of carboxylic acid groups (broad SMARTS) is 1. The van der Waals surface area contributed by atoms with E-state index in [1.807, 2.05) is 12.2 Å². The van der Waals surface area contributed by atoms with Crippen LogP contribution in [0.1, 0.15) is 72.6 Å². The number of likely N-dealkylation sites (N-methyl/N-ethyl adjacent to an activating group) is 1. The molecule has 14 heteroatoms. The second-order valence-corrected chi connectivity index (χ2v) is 14.8. The zero-order valence-corrected chi connectivity index (χ0v) is 27.6. The van der Waals surface area contributed by atoms with Gasteiger partial charge in [0, 0.05) is 31.1 Å². The lowest BCUT2D eigenvalue weighted by Crippen LogP contribution is -2.54. The Hall–Kier alpha value is -3.52.